The van der Waals surface area contributed by atoms with Crippen molar-refractivity contribution in [2.24, 2.45) is 0 Å². The number of fused-ring (bicyclic) bond motifs is 1. The molecule has 0 saturated carbocycles. The van der Waals surface area contributed by atoms with Crippen molar-refractivity contribution in [2.75, 3.05) is 12.0 Å². The maximum Gasteiger partial charge on any atom is 0.300 e. The number of amides is 1. The molecule has 1 aromatic heterocycles. The van der Waals surface area contributed by atoms with Crippen molar-refractivity contribution in [2.45, 2.75) is 6.04 Å². The maximum atomic E-state index is 13.2. The smallest absolute Gasteiger partial charge is 0.300 e. The second kappa shape index (κ2) is 7.98. The molecule has 4 aromatic rings. The highest BCUT2D eigenvalue weighted by atomic mass is 32.1. The van der Waals surface area contributed by atoms with Gasteiger partial charge in [0.2, 0.25) is 0 Å². The van der Waals surface area contributed by atoms with Gasteiger partial charge in [0, 0.05) is 22.2 Å². The van der Waals surface area contributed by atoms with E-state index in [9.17, 15) is 14.7 Å². The molecule has 1 atom stereocenters. The minimum atomic E-state index is -0.728. The molecule has 1 N–H and O–H groups in total. The number of hydrogen-bond donors (Lipinski definition) is 1. The van der Waals surface area contributed by atoms with E-state index in [-0.39, 0.29) is 11.3 Å². The Bertz CT molecular complexity index is 1370. The van der Waals surface area contributed by atoms with Gasteiger partial charge in [-0.25, -0.2) is 0 Å². The number of anilines is 1. The summed E-state index contributed by atoms with van der Waals surface area (Å²) in [5.74, 6) is -1.00. The number of hydrogen-bond acceptors (Lipinski definition) is 5. The van der Waals surface area contributed by atoms with Crippen LogP contribution in [0.3, 0.4) is 0 Å². The van der Waals surface area contributed by atoms with Gasteiger partial charge in [-0.2, -0.15) is 0 Å². The monoisotopic (exact) mass is 441 g/mol. The third-order valence-corrected chi connectivity index (χ3v) is 6.54. The summed E-state index contributed by atoms with van der Waals surface area (Å²) in [5, 5.41) is 15.1. The third-order valence-electron chi connectivity index (χ3n) is 5.61. The molecule has 5 rings (SSSR count). The topological polar surface area (TPSA) is 66.8 Å². The average Bonchev–Trinajstić information content (AvgIpc) is 3.45. The minimum absolute atomic E-state index is 0.0792. The van der Waals surface area contributed by atoms with Crippen LogP contribution in [0.1, 0.15) is 16.5 Å². The van der Waals surface area contributed by atoms with E-state index >= 15 is 0 Å². The van der Waals surface area contributed by atoms with Gasteiger partial charge >= 0.3 is 0 Å². The number of methoxy groups -OCH3 is 1. The highest BCUT2D eigenvalue weighted by Crippen LogP contribution is 2.44. The van der Waals surface area contributed by atoms with E-state index in [0.717, 1.165) is 15.6 Å². The highest BCUT2D eigenvalue weighted by molar-refractivity contribution is 7.10. The van der Waals surface area contributed by atoms with Crippen molar-refractivity contribution < 1.29 is 19.4 Å². The van der Waals surface area contributed by atoms with Gasteiger partial charge in [-0.15, -0.1) is 11.3 Å². The summed E-state index contributed by atoms with van der Waals surface area (Å²) in [5.41, 5.74) is 1.10. The van der Waals surface area contributed by atoms with E-state index < -0.39 is 17.7 Å². The molecular formula is C26H19NO4S. The van der Waals surface area contributed by atoms with E-state index in [0.29, 0.717) is 17.0 Å². The summed E-state index contributed by atoms with van der Waals surface area (Å²) in [6.07, 6.45) is 0. The minimum Gasteiger partial charge on any atom is -0.507 e. The Labute approximate surface area is 188 Å². The molecule has 1 aliphatic heterocycles. The van der Waals surface area contributed by atoms with Crippen LogP contribution in [0.2, 0.25) is 0 Å². The van der Waals surface area contributed by atoms with Crippen molar-refractivity contribution in [3.05, 3.63) is 100 Å². The molecular weight excluding hydrogens is 422 g/mol. The largest absolute Gasteiger partial charge is 0.507 e. The molecule has 0 radical (unpaired) electrons. The van der Waals surface area contributed by atoms with Crippen LogP contribution in [-0.4, -0.2) is 23.9 Å². The highest BCUT2D eigenvalue weighted by Gasteiger charge is 2.47. The van der Waals surface area contributed by atoms with E-state index in [2.05, 4.69) is 0 Å². The van der Waals surface area contributed by atoms with Crippen LogP contribution < -0.4 is 9.64 Å². The van der Waals surface area contributed by atoms with E-state index in [1.165, 1.54) is 16.2 Å². The number of rotatable bonds is 4. The first kappa shape index (κ1) is 20.0. The zero-order chi connectivity index (χ0) is 22.2. The number of nitrogens with zero attached hydrogens (tertiary/aromatic N) is 1. The molecule has 5 nitrogen and oxygen atoms in total. The number of Topliss-reactive ketones (excluding diaryl/α,β-unsaturated/α-hetero) is 1. The maximum absolute atomic E-state index is 13.2. The van der Waals surface area contributed by atoms with Gasteiger partial charge in [0.25, 0.3) is 11.7 Å². The number of ether oxygens (including phenoxy) is 1. The van der Waals surface area contributed by atoms with Crippen LogP contribution in [0.4, 0.5) is 5.69 Å². The Hall–Kier alpha value is -3.90. The fourth-order valence-electron chi connectivity index (χ4n) is 4.07. The van der Waals surface area contributed by atoms with Gasteiger partial charge in [0.1, 0.15) is 17.6 Å². The first-order valence-electron chi connectivity index (χ1n) is 10.1. The lowest BCUT2D eigenvalue weighted by Gasteiger charge is -2.24. The number of carbonyl (C=O) groups is 2. The molecule has 1 saturated heterocycles. The predicted molar refractivity (Wildman–Crippen MR) is 126 cm³/mol. The molecule has 1 amide bonds. The summed E-state index contributed by atoms with van der Waals surface area (Å²) >= 11 is 1.43. The normalized spacial score (nSPS) is 17.8. The molecule has 0 bridgehead atoms. The van der Waals surface area contributed by atoms with Crippen LogP contribution >= 0.6 is 11.3 Å². The molecule has 3 aromatic carbocycles. The molecule has 0 spiro atoms. The van der Waals surface area contributed by atoms with Crippen molar-refractivity contribution in [1.29, 1.82) is 0 Å². The van der Waals surface area contributed by atoms with E-state index in [1.807, 2.05) is 53.9 Å². The molecule has 1 aliphatic rings. The van der Waals surface area contributed by atoms with E-state index in [1.54, 1.807) is 37.4 Å². The molecule has 6 heteroatoms. The second-order valence-electron chi connectivity index (χ2n) is 7.45. The van der Waals surface area contributed by atoms with Gasteiger partial charge in [-0.3, -0.25) is 14.5 Å². The van der Waals surface area contributed by atoms with Crippen molar-refractivity contribution >= 4 is 45.2 Å². The van der Waals surface area contributed by atoms with Crippen molar-refractivity contribution in [3.63, 3.8) is 0 Å². The van der Waals surface area contributed by atoms with Crippen molar-refractivity contribution in [1.82, 2.24) is 0 Å². The number of aliphatic hydroxyl groups excluding tert-OH is 1. The van der Waals surface area contributed by atoms with Gasteiger partial charge in [0.15, 0.2) is 0 Å². The first-order chi connectivity index (χ1) is 15.6. The number of aliphatic hydroxyl groups is 1. The van der Waals surface area contributed by atoms with E-state index in [4.69, 9.17) is 4.74 Å². The van der Waals surface area contributed by atoms with Crippen LogP contribution in [0, 0.1) is 0 Å². The SMILES string of the molecule is COc1cccc(N2C(=O)C(=O)/C(=C(\O)c3ccc4ccccc4c3)C2c2cccs2)c1. The van der Waals surface area contributed by atoms with Crippen LogP contribution in [0.15, 0.2) is 89.8 Å². The molecule has 1 fully saturated rings. The summed E-state index contributed by atoms with van der Waals surface area (Å²) in [6, 6.07) is 23.3. The molecule has 0 aliphatic carbocycles. The number of benzene rings is 3. The lowest BCUT2D eigenvalue weighted by atomic mass is 9.98. The third kappa shape index (κ3) is 3.25. The summed E-state index contributed by atoms with van der Waals surface area (Å²) < 4.78 is 5.31. The molecule has 32 heavy (non-hydrogen) atoms. The Morgan fingerprint density at radius 2 is 1.75 bits per heavy atom. The lowest BCUT2D eigenvalue weighted by Crippen LogP contribution is -2.29. The fraction of sp³-hybridized carbons (Fsp3) is 0.0769. The Balaban J connectivity index is 1.70. The fourth-order valence-corrected chi connectivity index (χ4v) is 4.89. The zero-order valence-corrected chi connectivity index (χ0v) is 18.0. The van der Waals surface area contributed by atoms with Crippen LogP contribution in [0.25, 0.3) is 16.5 Å². The van der Waals surface area contributed by atoms with Crippen LogP contribution in [-0.2, 0) is 9.59 Å². The van der Waals surface area contributed by atoms with Crippen molar-refractivity contribution in [3.8, 4) is 5.75 Å². The van der Waals surface area contributed by atoms with Gasteiger partial charge in [0.05, 0.1) is 12.7 Å². The average molecular weight is 442 g/mol. The lowest BCUT2D eigenvalue weighted by molar-refractivity contribution is -0.132. The zero-order valence-electron chi connectivity index (χ0n) is 17.2. The molecule has 2 heterocycles. The molecule has 158 valence electrons. The predicted octanol–water partition coefficient (Wildman–Crippen LogP) is 5.54. The molecule has 1 unspecified atom stereocenters. The second-order valence-corrected chi connectivity index (χ2v) is 8.43. The standard InChI is InChI=1S/C26H19NO4S/c1-31-20-9-4-8-19(15-20)27-23(21-10-5-13-32-21)22(25(29)26(27)30)24(28)18-12-11-16-6-2-3-7-17(16)14-18/h2-15,23,28H,1H3/b24-22-. The number of ketones is 1. The Kier molecular flexibility index (Phi) is 4.99. The van der Waals surface area contributed by atoms with Crippen LogP contribution in [0.5, 0.6) is 5.75 Å². The summed E-state index contributed by atoms with van der Waals surface area (Å²) in [6.45, 7) is 0. The number of carbonyl (C=O) groups excluding carboxylic acids is 2. The summed E-state index contributed by atoms with van der Waals surface area (Å²) in [7, 11) is 1.55. The van der Waals surface area contributed by atoms with Gasteiger partial charge in [-0.1, -0.05) is 48.5 Å². The Morgan fingerprint density at radius 3 is 2.50 bits per heavy atom. The quantitative estimate of drug-likeness (QED) is 0.257. The summed E-state index contributed by atoms with van der Waals surface area (Å²) in [4.78, 5) is 28.6. The number of thiophene rings is 1. The van der Waals surface area contributed by atoms with Gasteiger partial charge < -0.3 is 9.84 Å². The first-order valence-corrected chi connectivity index (χ1v) is 10.9. The Morgan fingerprint density at radius 1 is 0.938 bits per heavy atom. The van der Waals surface area contributed by atoms with Gasteiger partial charge in [-0.05, 0) is 40.4 Å².